The lowest BCUT2D eigenvalue weighted by atomic mass is 10.3. The molecule has 0 aliphatic heterocycles. The van der Waals surface area contributed by atoms with Gasteiger partial charge in [0.15, 0.2) is 5.75 Å². The highest BCUT2D eigenvalue weighted by molar-refractivity contribution is 5.15. The van der Waals surface area contributed by atoms with E-state index in [2.05, 4.69) is 0 Å². The molecular weight excluding hydrogens is 196 g/mol. The van der Waals surface area contributed by atoms with E-state index in [0.29, 0.717) is 12.3 Å². The smallest absolute Gasteiger partial charge is 0.243 e. The van der Waals surface area contributed by atoms with Crippen LogP contribution in [-0.2, 0) is 13.6 Å². The summed E-state index contributed by atoms with van der Waals surface area (Å²) in [5, 5.41) is 9.00. The zero-order valence-corrected chi connectivity index (χ0v) is 8.25. The fraction of sp³-hybridized carbons (Fsp3) is 0.200. The van der Waals surface area contributed by atoms with Crippen molar-refractivity contribution in [1.82, 2.24) is 4.57 Å². The van der Waals surface area contributed by atoms with Gasteiger partial charge in [0, 0.05) is 6.07 Å². The van der Waals surface area contributed by atoms with E-state index in [1.807, 2.05) is 34.9 Å². The van der Waals surface area contributed by atoms with E-state index in [1.54, 1.807) is 0 Å². The highest BCUT2D eigenvalue weighted by Crippen LogP contribution is 2.04. The van der Waals surface area contributed by atoms with Gasteiger partial charge in [0.2, 0.25) is 11.8 Å². The Morgan fingerprint density at radius 1 is 1.60 bits per heavy atom. The molecule has 0 bridgehead atoms. The Morgan fingerprint density at radius 3 is 3.00 bits per heavy atom. The van der Waals surface area contributed by atoms with Crippen molar-refractivity contribution in [3.05, 3.63) is 47.0 Å². The molecule has 2 rings (SSSR count). The van der Waals surface area contributed by atoms with Crippen molar-refractivity contribution < 1.29 is 14.1 Å². The normalized spacial score (nSPS) is 10.5. The van der Waals surface area contributed by atoms with Gasteiger partial charge in [0.1, 0.15) is 31.0 Å². The summed E-state index contributed by atoms with van der Waals surface area (Å²) < 4.78 is 8.83. The monoisotopic (exact) mass is 207 g/mol. The molecule has 0 spiro atoms. The fourth-order valence-electron chi connectivity index (χ4n) is 1.30. The number of aromatic hydroxyl groups is 1. The van der Waals surface area contributed by atoms with Crippen LogP contribution in [0.25, 0.3) is 0 Å². The third-order valence-corrected chi connectivity index (χ3v) is 2.03. The molecule has 0 aliphatic carbocycles. The van der Waals surface area contributed by atoms with Crippen LogP contribution in [0, 0.1) is 0 Å². The zero-order valence-electron chi connectivity index (χ0n) is 8.25. The van der Waals surface area contributed by atoms with Gasteiger partial charge in [-0.15, -0.1) is 0 Å². The number of aromatic nitrogens is 2. The molecule has 0 unspecified atom stereocenters. The molecule has 1 N–H and O–H groups in total. The number of hydrogen-bond donors (Lipinski definition) is 1. The van der Waals surface area contributed by atoms with Gasteiger partial charge in [0.05, 0.1) is 7.05 Å². The average Bonchev–Trinajstić information content (AvgIpc) is 2.58. The minimum absolute atomic E-state index is 0.364. The Kier molecular flexibility index (Phi) is 2.29. The molecule has 2 aromatic heterocycles. The molecule has 15 heavy (non-hydrogen) atoms. The van der Waals surface area contributed by atoms with Crippen LogP contribution in [0.1, 0.15) is 5.76 Å². The van der Waals surface area contributed by atoms with Crippen molar-refractivity contribution in [3.63, 3.8) is 0 Å². The molecule has 5 heteroatoms. The summed E-state index contributed by atoms with van der Waals surface area (Å²) in [5.74, 6) is 0.144. The van der Waals surface area contributed by atoms with E-state index >= 15 is 0 Å². The largest absolute Gasteiger partial charge is 0.502 e. The van der Waals surface area contributed by atoms with Crippen molar-refractivity contribution in [3.8, 4) is 5.75 Å². The summed E-state index contributed by atoms with van der Waals surface area (Å²) in [6.45, 7) is 0.469. The minimum atomic E-state index is -0.423. The van der Waals surface area contributed by atoms with Crippen LogP contribution in [0.5, 0.6) is 5.75 Å². The fourth-order valence-corrected chi connectivity index (χ4v) is 1.30. The maximum absolute atomic E-state index is 11.1. The minimum Gasteiger partial charge on any atom is -0.502 e. The van der Waals surface area contributed by atoms with Crippen LogP contribution in [0.4, 0.5) is 0 Å². The Morgan fingerprint density at radius 2 is 2.40 bits per heavy atom. The Hall–Kier alpha value is -2.04. The number of rotatable bonds is 2. The maximum Gasteiger partial charge on any atom is 0.243 e. The first kappa shape index (κ1) is 9.51. The number of hydrogen-bond acceptors (Lipinski definition) is 3. The summed E-state index contributed by atoms with van der Waals surface area (Å²) in [7, 11) is 1.91. The summed E-state index contributed by atoms with van der Waals surface area (Å²) >= 11 is 0. The molecule has 0 amide bonds. The maximum atomic E-state index is 11.1. The van der Waals surface area contributed by atoms with Crippen molar-refractivity contribution in [2.45, 2.75) is 6.54 Å². The first-order chi connectivity index (χ1) is 7.15. The van der Waals surface area contributed by atoms with Crippen molar-refractivity contribution in [2.75, 3.05) is 0 Å². The molecule has 78 valence electrons. The van der Waals surface area contributed by atoms with Gasteiger partial charge in [-0.25, -0.2) is 9.13 Å². The predicted molar refractivity (Wildman–Crippen MR) is 51.4 cm³/mol. The Balaban J connectivity index is 2.25. The first-order valence-corrected chi connectivity index (χ1v) is 4.47. The van der Waals surface area contributed by atoms with E-state index in [4.69, 9.17) is 9.52 Å². The molecule has 5 nitrogen and oxygen atoms in total. The van der Waals surface area contributed by atoms with E-state index in [1.165, 1.54) is 6.07 Å². The standard InChI is InChI=1S/C10H10N2O3/c1-11-2-3-12(7-11)5-8-4-9(13)10(14)6-15-8/h2-4,6-7H,5H2,1H3/p+1. The van der Waals surface area contributed by atoms with Gasteiger partial charge in [0.25, 0.3) is 0 Å². The highest BCUT2D eigenvalue weighted by Gasteiger charge is 2.06. The summed E-state index contributed by atoms with van der Waals surface area (Å²) in [5.41, 5.74) is -0.423. The number of nitrogens with zero attached hydrogens (tertiary/aromatic N) is 2. The lowest BCUT2D eigenvalue weighted by Crippen LogP contribution is -2.23. The lowest BCUT2D eigenvalue weighted by Gasteiger charge is -1.96. The SMILES string of the molecule is C[n+]1ccn(Cc2cc(=O)c(O)co2)c1. The molecule has 0 aromatic carbocycles. The molecular formula is C10H11N2O3+. The quantitative estimate of drug-likeness (QED) is 0.706. The van der Waals surface area contributed by atoms with Gasteiger partial charge in [-0.3, -0.25) is 4.79 Å². The average molecular weight is 207 g/mol. The van der Waals surface area contributed by atoms with Gasteiger partial charge in [-0.2, -0.15) is 0 Å². The summed E-state index contributed by atoms with van der Waals surface area (Å²) in [4.78, 5) is 11.1. The van der Waals surface area contributed by atoms with Crippen molar-refractivity contribution in [1.29, 1.82) is 0 Å². The van der Waals surface area contributed by atoms with Crippen LogP contribution < -0.4 is 10.00 Å². The summed E-state index contributed by atoms with van der Waals surface area (Å²) in [6, 6.07) is 1.29. The van der Waals surface area contributed by atoms with Gasteiger partial charge in [-0.05, 0) is 0 Å². The van der Waals surface area contributed by atoms with Crippen LogP contribution in [0.15, 0.2) is 40.3 Å². The second-order valence-corrected chi connectivity index (χ2v) is 3.35. The van der Waals surface area contributed by atoms with Crippen LogP contribution >= 0.6 is 0 Å². The molecule has 0 radical (unpaired) electrons. The van der Waals surface area contributed by atoms with E-state index in [-0.39, 0.29) is 5.75 Å². The first-order valence-electron chi connectivity index (χ1n) is 4.47. The Labute approximate surface area is 85.8 Å². The van der Waals surface area contributed by atoms with Crippen molar-refractivity contribution in [2.24, 2.45) is 7.05 Å². The number of aryl methyl sites for hydroxylation is 1. The van der Waals surface area contributed by atoms with Gasteiger partial charge < -0.3 is 9.52 Å². The molecule has 0 saturated carbocycles. The van der Waals surface area contributed by atoms with E-state index in [0.717, 1.165) is 6.26 Å². The summed E-state index contributed by atoms with van der Waals surface area (Å²) in [6.07, 6.45) is 6.68. The van der Waals surface area contributed by atoms with Gasteiger partial charge >= 0.3 is 0 Å². The molecule has 0 fully saturated rings. The topological polar surface area (TPSA) is 59.2 Å². The lowest BCUT2D eigenvalue weighted by molar-refractivity contribution is -0.671. The van der Waals surface area contributed by atoms with Crippen LogP contribution in [0.2, 0.25) is 0 Å². The van der Waals surface area contributed by atoms with E-state index in [9.17, 15) is 4.79 Å². The molecule has 0 saturated heterocycles. The molecule has 0 aliphatic rings. The third kappa shape index (κ3) is 2.07. The predicted octanol–water partition coefficient (Wildman–Crippen LogP) is 0.0197. The zero-order chi connectivity index (χ0) is 10.8. The Bertz CT molecular complexity index is 527. The second-order valence-electron chi connectivity index (χ2n) is 3.35. The number of imidazole rings is 1. The molecule has 0 atom stereocenters. The highest BCUT2D eigenvalue weighted by atomic mass is 16.4. The van der Waals surface area contributed by atoms with Gasteiger partial charge in [-0.1, -0.05) is 0 Å². The van der Waals surface area contributed by atoms with Crippen LogP contribution in [0.3, 0.4) is 0 Å². The van der Waals surface area contributed by atoms with E-state index < -0.39 is 5.43 Å². The molecule has 2 heterocycles. The van der Waals surface area contributed by atoms with Crippen molar-refractivity contribution >= 4 is 0 Å². The third-order valence-electron chi connectivity index (χ3n) is 2.03. The van der Waals surface area contributed by atoms with Crippen LogP contribution in [-0.4, -0.2) is 9.67 Å². The molecule has 2 aromatic rings. The second kappa shape index (κ2) is 3.61.